The SMILES string of the molecule is O=C1N/C(=N\S(=O)(=O)c2ccc(F)cc2)S/C1=C\c1ccccc1Cl. The van der Waals surface area contributed by atoms with Crippen molar-refractivity contribution in [3.05, 3.63) is 69.8 Å². The molecule has 1 fully saturated rings. The Morgan fingerprint density at radius 1 is 1.12 bits per heavy atom. The molecule has 1 aliphatic rings. The molecule has 0 bridgehead atoms. The highest BCUT2D eigenvalue weighted by atomic mass is 35.5. The van der Waals surface area contributed by atoms with Crippen LogP contribution in [0.4, 0.5) is 4.39 Å². The third-order valence-corrected chi connectivity index (χ3v) is 5.82. The molecule has 25 heavy (non-hydrogen) atoms. The average Bonchev–Trinajstić information content (AvgIpc) is 2.88. The van der Waals surface area contributed by atoms with E-state index in [1.54, 1.807) is 30.3 Å². The lowest BCUT2D eigenvalue weighted by molar-refractivity contribution is -0.115. The van der Waals surface area contributed by atoms with E-state index in [-0.39, 0.29) is 15.0 Å². The van der Waals surface area contributed by atoms with Gasteiger partial charge in [0.25, 0.3) is 15.9 Å². The molecule has 1 aliphatic heterocycles. The fourth-order valence-electron chi connectivity index (χ4n) is 1.97. The fourth-order valence-corrected chi connectivity index (χ4v) is 4.14. The van der Waals surface area contributed by atoms with Crippen molar-refractivity contribution >= 4 is 50.5 Å². The van der Waals surface area contributed by atoms with E-state index in [1.165, 1.54) is 0 Å². The van der Waals surface area contributed by atoms with Gasteiger partial charge in [-0.05, 0) is 53.7 Å². The number of thioether (sulfide) groups is 1. The number of carbonyl (C=O) groups is 1. The number of halogens is 2. The highest BCUT2D eigenvalue weighted by Crippen LogP contribution is 2.29. The van der Waals surface area contributed by atoms with Gasteiger partial charge in [-0.25, -0.2) is 4.39 Å². The molecule has 0 aromatic heterocycles. The molecule has 9 heteroatoms. The Labute approximate surface area is 152 Å². The zero-order valence-corrected chi connectivity index (χ0v) is 14.8. The first-order valence-corrected chi connectivity index (χ1v) is 9.54. The summed E-state index contributed by atoms with van der Waals surface area (Å²) in [5, 5.41) is 2.78. The maximum absolute atomic E-state index is 12.9. The second kappa shape index (κ2) is 6.99. The minimum absolute atomic E-state index is 0.0763. The molecule has 2 aromatic rings. The molecule has 0 saturated carbocycles. The quantitative estimate of drug-likeness (QED) is 0.806. The monoisotopic (exact) mass is 396 g/mol. The van der Waals surface area contributed by atoms with E-state index >= 15 is 0 Å². The summed E-state index contributed by atoms with van der Waals surface area (Å²) in [5.41, 5.74) is 0.629. The van der Waals surface area contributed by atoms with Gasteiger partial charge in [0.2, 0.25) is 0 Å². The van der Waals surface area contributed by atoms with Crippen LogP contribution in [-0.4, -0.2) is 19.5 Å². The molecule has 128 valence electrons. The van der Waals surface area contributed by atoms with Crippen LogP contribution in [0.5, 0.6) is 0 Å². The highest BCUT2D eigenvalue weighted by molar-refractivity contribution is 8.19. The summed E-state index contributed by atoms with van der Waals surface area (Å²) < 4.78 is 40.9. The summed E-state index contributed by atoms with van der Waals surface area (Å²) in [7, 11) is -4.06. The summed E-state index contributed by atoms with van der Waals surface area (Å²) in [6.07, 6.45) is 1.55. The lowest BCUT2D eigenvalue weighted by Crippen LogP contribution is -2.20. The second-order valence-corrected chi connectivity index (χ2v) is 7.95. The number of carbonyl (C=O) groups excluding carboxylic acids is 1. The molecule has 5 nitrogen and oxygen atoms in total. The lowest BCUT2D eigenvalue weighted by Gasteiger charge is -1.99. The van der Waals surface area contributed by atoms with E-state index < -0.39 is 21.7 Å². The topological polar surface area (TPSA) is 75.6 Å². The maximum atomic E-state index is 12.9. The van der Waals surface area contributed by atoms with Gasteiger partial charge in [-0.2, -0.15) is 8.42 Å². The van der Waals surface area contributed by atoms with Crippen LogP contribution in [-0.2, 0) is 14.8 Å². The predicted molar refractivity (Wildman–Crippen MR) is 96.2 cm³/mol. The standard InChI is InChI=1S/C16H10ClFN2O3S2/c17-13-4-2-1-3-10(13)9-14-15(21)19-16(24-14)20-25(22,23)12-7-5-11(18)6-8-12/h1-9H,(H,19,20,21)/b14-9-. The fraction of sp³-hybridized carbons (Fsp3) is 0. The van der Waals surface area contributed by atoms with Gasteiger partial charge in [0.05, 0.1) is 9.80 Å². The molecular formula is C16H10ClFN2O3S2. The molecule has 0 unspecified atom stereocenters. The number of amidine groups is 1. The van der Waals surface area contributed by atoms with Gasteiger partial charge in [0.1, 0.15) is 5.82 Å². The van der Waals surface area contributed by atoms with Crippen LogP contribution < -0.4 is 5.32 Å². The molecule has 0 aliphatic carbocycles. The first kappa shape index (κ1) is 17.7. The minimum atomic E-state index is -4.06. The van der Waals surface area contributed by atoms with Crippen molar-refractivity contribution in [2.75, 3.05) is 0 Å². The molecule has 1 amide bonds. The van der Waals surface area contributed by atoms with Crippen molar-refractivity contribution in [1.82, 2.24) is 5.32 Å². The lowest BCUT2D eigenvalue weighted by atomic mass is 10.2. The number of sulfonamides is 1. The first-order valence-electron chi connectivity index (χ1n) is 6.91. The number of benzene rings is 2. The Kier molecular flexibility index (Phi) is 4.94. The minimum Gasteiger partial charge on any atom is -0.300 e. The number of hydrogen-bond donors (Lipinski definition) is 1. The van der Waals surface area contributed by atoms with Crippen molar-refractivity contribution in [2.45, 2.75) is 4.90 Å². The molecule has 0 atom stereocenters. The second-order valence-electron chi connectivity index (χ2n) is 4.91. The number of nitrogens with zero attached hydrogens (tertiary/aromatic N) is 1. The van der Waals surface area contributed by atoms with Gasteiger partial charge in [-0.1, -0.05) is 29.8 Å². The van der Waals surface area contributed by atoms with E-state index in [4.69, 9.17) is 11.6 Å². The van der Waals surface area contributed by atoms with Crippen LogP contribution in [0.1, 0.15) is 5.56 Å². The van der Waals surface area contributed by atoms with Crippen molar-refractivity contribution in [3.8, 4) is 0 Å². The number of hydrogen-bond acceptors (Lipinski definition) is 4. The summed E-state index contributed by atoms with van der Waals surface area (Å²) in [6.45, 7) is 0. The van der Waals surface area contributed by atoms with E-state index in [0.29, 0.717) is 10.6 Å². The Bertz CT molecular complexity index is 1000. The molecule has 0 spiro atoms. The predicted octanol–water partition coefficient (Wildman–Crippen LogP) is 3.43. The van der Waals surface area contributed by atoms with Crippen molar-refractivity contribution in [2.24, 2.45) is 4.40 Å². The Hall–Kier alpha value is -2.16. The van der Waals surface area contributed by atoms with Gasteiger partial charge in [0, 0.05) is 5.02 Å². The van der Waals surface area contributed by atoms with E-state index in [0.717, 1.165) is 36.0 Å². The smallest absolute Gasteiger partial charge is 0.284 e. The van der Waals surface area contributed by atoms with E-state index in [1.807, 2.05) is 0 Å². The Morgan fingerprint density at radius 2 is 1.80 bits per heavy atom. The van der Waals surface area contributed by atoms with Crippen molar-refractivity contribution in [3.63, 3.8) is 0 Å². The summed E-state index contributed by atoms with van der Waals surface area (Å²) in [4.78, 5) is 12.1. The Morgan fingerprint density at radius 3 is 2.48 bits per heavy atom. The molecular weight excluding hydrogens is 387 g/mol. The number of rotatable bonds is 3. The van der Waals surface area contributed by atoms with E-state index in [9.17, 15) is 17.6 Å². The first-order chi connectivity index (χ1) is 11.8. The van der Waals surface area contributed by atoms with Gasteiger partial charge >= 0.3 is 0 Å². The highest BCUT2D eigenvalue weighted by Gasteiger charge is 2.26. The molecule has 3 rings (SSSR count). The maximum Gasteiger partial charge on any atom is 0.284 e. The molecule has 0 radical (unpaired) electrons. The van der Waals surface area contributed by atoms with Crippen LogP contribution in [0.15, 0.2) is 62.7 Å². The van der Waals surface area contributed by atoms with Crippen LogP contribution in [0.2, 0.25) is 5.02 Å². The molecule has 1 N–H and O–H groups in total. The zero-order valence-electron chi connectivity index (χ0n) is 12.4. The Balaban J connectivity index is 1.88. The molecule has 1 saturated heterocycles. The van der Waals surface area contributed by atoms with Gasteiger partial charge in [0.15, 0.2) is 5.17 Å². The van der Waals surface area contributed by atoms with Gasteiger partial charge in [-0.3, -0.25) is 10.1 Å². The third kappa shape index (κ3) is 4.09. The summed E-state index contributed by atoms with van der Waals surface area (Å²) in [5.74, 6) is -1.03. The average molecular weight is 397 g/mol. The summed E-state index contributed by atoms with van der Waals surface area (Å²) >= 11 is 6.93. The number of amides is 1. The van der Waals surface area contributed by atoms with Crippen LogP contribution in [0.25, 0.3) is 6.08 Å². The number of nitrogens with one attached hydrogen (secondary N) is 1. The van der Waals surface area contributed by atoms with Crippen LogP contribution >= 0.6 is 23.4 Å². The third-order valence-electron chi connectivity index (χ3n) is 3.16. The van der Waals surface area contributed by atoms with Crippen molar-refractivity contribution < 1.29 is 17.6 Å². The zero-order chi connectivity index (χ0) is 18.0. The largest absolute Gasteiger partial charge is 0.300 e. The normalized spacial score (nSPS) is 17.9. The van der Waals surface area contributed by atoms with E-state index in [2.05, 4.69) is 9.71 Å². The van der Waals surface area contributed by atoms with Gasteiger partial charge in [-0.15, -0.1) is 4.40 Å². The van der Waals surface area contributed by atoms with Crippen LogP contribution in [0, 0.1) is 5.82 Å². The van der Waals surface area contributed by atoms with Crippen LogP contribution in [0.3, 0.4) is 0 Å². The van der Waals surface area contributed by atoms with Crippen molar-refractivity contribution in [1.29, 1.82) is 0 Å². The van der Waals surface area contributed by atoms with Gasteiger partial charge < -0.3 is 0 Å². The molecule has 2 aromatic carbocycles. The summed E-state index contributed by atoms with van der Waals surface area (Å²) in [6, 6.07) is 11.2. The molecule has 1 heterocycles.